The van der Waals surface area contributed by atoms with E-state index < -0.39 is 11.7 Å². The fourth-order valence-corrected chi connectivity index (χ4v) is 3.78. The molecule has 0 unspecified atom stereocenters. The molecule has 7 nitrogen and oxygen atoms in total. The third kappa shape index (κ3) is 6.02. The van der Waals surface area contributed by atoms with Crippen LogP contribution in [-0.4, -0.2) is 54.5 Å². The van der Waals surface area contributed by atoms with E-state index in [-0.39, 0.29) is 18.1 Å². The number of amides is 2. The molecule has 0 atom stereocenters. The molecule has 34 heavy (non-hydrogen) atoms. The molecule has 0 spiro atoms. The zero-order chi connectivity index (χ0) is 23.9. The highest BCUT2D eigenvalue weighted by Gasteiger charge is 2.20. The van der Waals surface area contributed by atoms with Crippen molar-refractivity contribution in [1.82, 2.24) is 9.88 Å². The minimum atomic E-state index is -0.577. The van der Waals surface area contributed by atoms with Crippen molar-refractivity contribution in [2.45, 2.75) is 6.42 Å². The molecule has 1 aliphatic rings. The van der Waals surface area contributed by atoms with E-state index in [2.05, 4.69) is 15.2 Å². The summed E-state index contributed by atoms with van der Waals surface area (Å²) in [7, 11) is 0. The van der Waals surface area contributed by atoms with E-state index in [0.29, 0.717) is 36.1 Å². The van der Waals surface area contributed by atoms with Crippen LogP contribution in [0.3, 0.4) is 0 Å². The summed E-state index contributed by atoms with van der Waals surface area (Å²) in [6.07, 6.45) is 2.34. The van der Waals surface area contributed by atoms with Gasteiger partial charge in [0.1, 0.15) is 17.4 Å². The van der Waals surface area contributed by atoms with Gasteiger partial charge in [-0.2, -0.15) is 0 Å². The number of halogens is 2. The van der Waals surface area contributed by atoms with Crippen LogP contribution in [-0.2, 0) is 4.79 Å². The summed E-state index contributed by atoms with van der Waals surface area (Å²) >= 11 is 5.87. The second-order valence-corrected chi connectivity index (χ2v) is 8.24. The number of pyridine rings is 1. The van der Waals surface area contributed by atoms with Gasteiger partial charge >= 0.3 is 0 Å². The van der Waals surface area contributed by atoms with Crippen molar-refractivity contribution in [1.29, 1.82) is 0 Å². The van der Waals surface area contributed by atoms with Gasteiger partial charge in [0.2, 0.25) is 0 Å². The van der Waals surface area contributed by atoms with Gasteiger partial charge in [0, 0.05) is 31.2 Å². The first-order chi connectivity index (χ1) is 16.5. The predicted octanol–water partition coefficient (Wildman–Crippen LogP) is 4.24. The van der Waals surface area contributed by atoms with Crippen LogP contribution in [0.2, 0.25) is 5.02 Å². The molecule has 3 aromatic rings. The van der Waals surface area contributed by atoms with Gasteiger partial charge in [-0.05, 0) is 55.0 Å². The Morgan fingerprint density at radius 2 is 1.79 bits per heavy atom. The first-order valence-electron chi connectivity index (χ1n) is 10.9. The van der Waals surface area contributed by atoms with Gasteiger partial charge in [-0.25, -0.2) is 9.37 Å². The zero-order valence-corrected chi connectivity index (χ0v) is 19.2. The Morgan fingerprint density at radius 1 is 1.00 bits per heavy atom. The summed E-state index contributed by atoms with van der Waals surface area (Å²) < 4.78 is 19.4. The Balaban J connectivity index is 1.29. The smallest absolute Gasteiger partial charge is 0.260 e. The van der Waals surface area contributed by atoms with E-state index in [0.717, 1.165) is 18.8 Å². The fourth-order valence-electron chi connectivity index (χ4n) is 3.65. The molecule has 0 radical (unpaired) electrons. The summed E-state index contributed by atoms with van der Waals surface area (Å²) in [4.78, 5) is 33.2. The maximum atomic E-state index is 13.8. The molecule has 2 aromatic carbocycles. The Bertz CT molecular complexity index is 1140. The maximum Gasteiger partial charge on any atom is 0.260 e. The largest absolute Gasteiger partial charge is 0.484 e. The van der Waals surface area contributed by atoms with Crippen molar-refractivity contribution < 1.29 is 18.7 Å². The molecule has 2 heterocycles. The minimum absolute atomic E-state index is 0.0242. The number of nitrogens with one attached hydrogen (secondary N) is 1. The number of benzene rings is 2. The summed E-state index contributed by atoms with van der Waals surface area (Å²) in [6, 6.07) is 16.2. The van der Waals surface area contributed by atoms with Gasteiger partial charge < -0.3 is 19.9 Å². The summed E-state index contributed by atoms with van der Waals surface area (Å²) in [5.41, 5.74) is 0.451. The van der Waals surface area contributed by atoms with E-state index in [1.54, 1.807) is 53.6 Å². The van der Waals surface area contributed by atoms with Crippen molar-refractivity contribution in [3.63, 3.8) is 0 Å². The number of hydrogen-bond acceptors (Lipinski definition) is 5. The van der Waals surface area contributed by atoms with Crippen LogP contribution in [0.1, 0.15) is 16.8 Å². The quantitative estimate of drug-likeness (QED) is 0.568. The molecule has 176 valence electrons. The Hall–Kier alpha value is -3.65. The van der Waals surface area contributed by atoms with Crippen molar-refractivity contribution in [3.8, 4) is 5.75 Å². The minimum Gasteiger partial charge on any atom is -0.484 e. The Labute approximate surface area is 202 Å². The number of carbonyl (C=O) groups excluding carboxylic acids is 2. The third-order valence-electron chi connectivity index (χ3n) is 5.47. The standard InChI is InChI=1S/C25H24ClFN4O3/c26-18-6-9-20(10-7-18)34-17-24(32)31-13-3-12-30(14-15-31)23-11-8-19(16-28-23)29-25(33)21-4-1-2-5-22(21)27/h1-2,4-11,16H,3,12-15,17H2,(H,29,33). The molecular formula is C25H24ClFN4O3. The lowest BCUT2D eigenvalue weighted by Crippen LogP contribution is -2.38. The molecule has 1 aromatic heterocycles. The summed E-state index contributed by atoms with van der Waals surface area (Å²) in [5.74, 6) is 0.163. The average molecular weight is 483 g/mol. The first-order valence-corrected chi connectivity index (χ1v) is 11.3. The molecule has 0 bridgehead atoms. The normalized spacial score (nSPS) is 13.8. The topological polar surface area (TPSA) is 74.8 Å². The highest BCUT2D eigenvalue weighted by atomic mass is 35.5. The second-order valence-electron chi connectivity index (χ2n) is 7.80. The zero-order valence-electron chi connectivity index (χ0n) is 18.4. The van der Waals surface area contributed by atoms with Crippen molar-refractivity contribution >= 4 is 34.9 Å². The van der Waals surface area contributed by atoms with Crippen LogP contribution < -0.4 is 15.0 Å². The number of rotatable bonds is 6. The second kappa shape index (κ2) is 11.0. The summed E-state index contributed by atoms with van der Waals surface area (Å²) in [5, 5.41) is 3.27. The molecule has 0 aliphatic carbocycles. The van der Waals surface area contributed by atoms with Crippen LogP contribution in [0.4, 0.5) is 15.9 Å². The monoisotopic (exact) mass is 482 g/mol. The lowest BCUT2D eigenvalue weighted by molar-refractivity contribution is -0.133. The van der Waals surface area contributed by atoms with E-state index in [1.165, 1.54) is 18.2 Å². The molecule has 1 aliphatic heterocycles. The van der Waals surface area contributed by atoms with Gasteiger partial charge in [-0.1, -0.05) is 23.7 Å². The number of aromatic nitrogens is 1. The van der Waals surface area contributed by atoms with Crippen LogP contribution in [0.15, 0.2) is 66.9 Å². The third-order valence-corrected chi connectivity index (χ3v) is 5.72. The molecule has 2 amide bonds. The molecular weight excluding hydrogens is 459 g/mol. The number of hydrogen-bond donors (Lipinski definition) is 1. The van der Waals surface area contributed by atoms with Crippen LogP contribution in [0.25, 0.3) is 0 Å². The van der Waals surface area contributed by atoms with E-state index >= 15 is 0 Å². The molecule has 1 saturated heterocycles. The highest BCUT2D eigenvalue weighted by Crippen LogP contribution is 2.19. The number of carbonyl (C=O) groups is 2. The van der Waals surface area contributed by atoms with Crippen molar-refractivity contribution in [2.24, 2.45) is 0 Å². The van der Waals surface area contributed by atoms with Gasteiger partial charge in [0.25, 0.3) is 11.8 Å². The van der Waals surface area contributed by atoms with Crippen molar-refractivity contribution in [2.75, 3.05) is 43.0 Å². The number of nitrogens with zero attached hydrogens (tertiary/aromatic N) is 3. The molecule has 0 saturated carbocycles. The van der Waals surface area contributed by atoms with E-state index in [9.17, 15) is 14.0 Å². The molecule has 1 fully saturated rings. The van der Waals surface area contributed by atoms with Gasteiger partial charge in [-0.15, -0.1) is 0 Å². The number of anilines is 2. The molecule has 4 rings (SSSR count). The lowest BCUT2D eigenvalue weighted by Gasteiger charge is -2.23. The Kier molecular flexibility index (Phi) is 7.59. The van der Waals surface area contributed by atoms with Gasteiger partial charge in [0.05, 0.1) is 17.4 Å². The average Bonchev–Trinajstić information content (AvgIpc) is 3.11. The molecule has 9 heteroatoms. The Morgan fingerprint density at radius 3 is 2.53 bits per heavy atom. The maximum absolute atomic E-state index is 13.8. The van der Waals surface area contributed by atoms with E-state index in [4.69, 9.17) is 16.3 Å². The fraction of sp³-hybridized carbons (Fsp3) is 0.240. The van der Waals surface area contributed by atoms with E-state index in [1.807, 2.05) is 0 Å². The lowest BCUT2D eigenvalue weighted by atomic mass is 10.2. The highest BCUT2D eigenvalue weighted by molar-refractivity contribution is 6.30. The van der Waals surface area contributed by atoms with Gasteiger partial charge in [-0.3, -0.25) is 9.59 Å². The predicted molar refractivity (Wildman–Crippen MR) is 129 cm³/mol. The molecule has 1 N–H and O–H groups in total. The number of ether oxygens (including phenoxy) is 1. The van der Waals surface area contributed by atoms with Crippen LogP contribution in [0, 0.1) is 5.82 Å². The van der Waals surface area contributed by atoms with Gasteiger partial charge in [0.15, 0.2) is 6.61 Å². The van der Waals surface area contributed by atoms with Crippen LogP contribution in [0.5, 0.6) is 5.75 Å². The van der Waals surface area contributed by atoms with Crippen LogP contribution >= 0.6 is 11.6 Å². The SMILES string of the molecule is O=C(Nc1ccc(N2CCCN(C(=O)COc3ccc(Cl)cc3)CC2)nc1)c1ccccc1F. The summed E-state index contributed by atoms with van der Waals surface area (Å²) in [6.45, 7) is 2.53. The first kappa shape index (κ1) is 23.5. The van der Waals surface area contributed by atoms with Crippen molar-refractivity contribution in [3.05, 3.63) is 83.3 Å².